The minimum Gasteiger partial charge on any atom is -0.492 e. The molecule has 9 nitrogen and oxygen atoms in total. The first kappa shape index (κ1) is 23.1. The van der Waals surface area contributed by atoms with Crippen molar-refractivity contribution in [3.05, 3.63) is 48.4 Å². The Labute approximate surface area is 200 Å². The molecule has 2 aromatic heterocycles. The number of ether oxygens (including phenoxy) is 1. The minimum atomic E-state index is -0.311. The molecule has 1 saturated heterocycles. The minimum absolute atomic E-state index is 0.0245. The van der Waals surface area contributed by atoms with Crippen LogP contribution < -0.4 is 10.1 Å². The second-order valence-corrected chi connectivity index (χ2v) is 9.85. The van der Waals surface area contributed by atoms with E-state index in [1.54, 1.807) is 21.9 Å². The number of rotatable bonds is 8. The van der Waals surface area contributed by atoms with Gasteiger partial charge in [-0.05, 0) is 38.1 Å². The number of furan rings is 1. The summed E-state index contributed by atoms with van der Waals surface area (Å²) in [5, 5.41) is 12.0. The van der Waals surface area contributed by atoms with Crippen LogP contribution in [0.3, 0.4) is 0 Å². The summed E-state index contributed by atoms with van der Waals surface area (Å²) in [6.45, 7) is 6.32. The third kappa shape index (κ3) is 5.66. The first-order valence-electron chi connectivity index (χ1n) is 10.7. The van der Waals surface area contributed by atoms with E-state index in [-0.39, 0.29) is 17.1 Å². The molecule has 0 spiro atoms. The maximum Gasteiger partial charge on any atom is 0.289 e. The van der Waals surface area contributed by atoms with Crippen molar-refractivity contribution >= 4 is 45.7 Å². The van der Waals surface area contributed by atoms with Gasteiger partial charge in [-0.2, -0.15) is 0 Å². The van der Waals surface area contributed by atoms with Crippen molar-refractivity contribution in [2.24, 2.45) is 0 Å². The van der Waals surface area contributed by atoms with E-state index in [0.717, 1.165) is 11.4 Å². The van der Waals surface area contributed by atoms with Crippen LogP contribution >= 0.6 is 23.1 Å². The van der Waals surface area contributed by atoms with Gasteiger partial charge in [0.15, 0.2) is 10.1 Å². The summed E-state index contributed by atoms with van der Waals surface area (Å²) in [5.41, 5.74) is 0.818. The van der Waals surface area contributed by atoms with E-state index < -0.39 is 0 Å². The van der Waals surface area contributed by atoms with Gasteiger partial charge in [-0.3, -0.25) is 9.59 Å². The Morgan fingerprint density at radius 3 is 2.64 bits per heavy atom. The van der Waals surface area contributed by atoms with Gasteiger partial charge in [0.2, 0.25) is 11.0 Å². The Balaban J connectivity index is 1.29. The maximum absolute atomic E-state index is 12.9. The van der Waals surface area contributed by atoms with Crippen LogP contribution in [0.1, 0.15) is 24.4 Å². The van der Waals surface area contributed by atoms with Crippen LogP contribution in [0.5, 0.6) is 5.75 Å². The highest BCUT2D eigenvalue weighted by Crippen LogP contribution is 2.33. The van der Waals surface area contributed by atoms with Crippen molar-refractivity contribution < 1.29 is 18.7 Å². The van der Waals surface area contributed by atoms with Gasteiger partial charge in [-0.1, -0.05) is 35.2 Å². The Kier molecular flexibility index (Phi) is 7.50. The number of para-hydroxylation sites is 2. The number of carbonyl (C=O) groups excluding carboxylic acids is 2. The molecule has 1 aromatic carbocycles. The summed E-state index contributed by atoms with van der Waals surface area (Å²) in [5.74, 6) is 0.951. The van der Waals surface area contributed by atoms with Crippen LogP contribution in [0.4, 0.5) is 10.8 Å². The van der Waals surface area contributed by atoms with Crippen molar-refractivity contribution in [3.63, 3.8) is 0 Å². The molecule has 0 aliphatic carbocycles. The molecule has 1 aliphatic heterocycles. The topological polar surface area (TPSA) is 101 Å². The number of benzene rings is 1. The first-order chi connectivity index (χ1) is 16.0. The molecule has 1 aliphatic rings. The normalized spacial score (nSPS) is 14.7. The molecule has 0 bridgehead atoms. The highest BCUT2D eigenvalue weighted by atomic mass is 32.2. The number of hydrogen-bond donors (Lipinski definition) is 1. The number of carbonyl (C=O) groups is 2. The molecule has 1 fully saturated rings. The summed E-state index contributed by atoms with van der Waals surface area (Å²) in [6.07, 6.45) is 1.48. The van der Waals surface area contributed by atoms with Crippen molar-refractivity contribution in [3.8, 4) is 5.75 Å². The Morgan fingerprint density at radius 2 is 1.91 bits per heavy atom. The fraction of sp³-hybridized carbons (Fsp3) is 0.364. The number of nitrogens with zero attached hydrogens (tertiary/aromatic N) is 4. The van der Waals surface area contributed by atoms with Gasteiger partial charge in [-0.25, -0.2) is 0 Å². The van der Waals surface area contributed by atoms with Crippen LogP contribution in [-0.4, -0.2) is 69.8 Å². The van der Waals surface area contributed by atoms with Crippen LogP contribution in [-0.2, 0) is 4.79 Å². The van der Waals surface area contributed by atoms with Crippen LogP contribution in [0.15, 0.2) is 51.4 Å². The molecule has 1 N–H and O–H groups in total. The van der Waals surface area contributed by atoms with Gasteiger partial charge in [0.25, 0.3) is 5.91 Å². The molecule has 4 rings (SSSR count). The van der Waals surface area contributed by atoms with Gasteiger partial charge in [0.1, 0.15) is 5.75 Å². The molecule has 1 atom stereocenters. The van der Waals surface area contributed by atoms with Crippen LogP contribution in [0.2, 0.25) is 0 Å². The predicted octanol–water partition coefficient (Wildman–Crippen LogP) is 3.74. The lowest BCUT2D eigenvalue weighted by molar-refractivity contribution is -0.131. The number of aromatic nitrogens is 2. The Hall–Kier alpha value is -3.05. The van der Waals surface area contributed by atoms with Gasteiger partial charge in [-0.15, -0.1) is 10.2 Å². The summed E-state index contributed by atoms with van der Waals surface area (Å²) >= 11 is 2.77. The molecule has 33 heavy (non-hydrogen) atoms. The predicted molar refractivity (Wildman–Crippen MR) is 127 cm³/mol. The van der Waals surface area contributed by atoms with E-state index in [2.05, 4.69) is 15.5 Å². The first-order valence-corrected chi connectivity index (χ1v) is 12.4. The molecule has 3 heterocycles. The zero-order chi connectivity index (χ0) is 23.2. The van der Waals surface area contributed by atoms with Crippen LogP contribution in [0.25, 0.3) is 0 Å². The number of hydrogen-bond acceptors (Lipinski definition) is 9. The Bertz CT molecular complexity index is 1080. The smallest absolute Gasteiger partial charge is 0.289 e. The van der Waals surface area contributed by atoms with Crippen molar-refractivity contribution in [2.45, 2.75) is 23.4 Å². The number of nitrogens with one attached hydrogen (secondary N) is 1. The third-order valence-electron chi connectivity index (χ3n) is 5.07. The lowest BCUT2D eigenvalue weighted by atomic mass is 10.2. The quantitative estimate of drug-likeness (QED) is 0.480. The van der Waals surface area contributed by atoms with E-state index in [1.807, 2.05) is 38.1 Å². The number of anilines is 2. The number of amides is 2. The van der Waals surface area contributed by atoms with E-state index >= 15 is 0 Å². The largest absolute Gasteiger partial charge is 0.492 e. The SMILES string of the molecule is CCOc1ccccc1Nc1nnc(S[C@@H](C)C(=O)N2CCN(C(=O)c3ccco3)CC2)s1. The van der Waals surface area contributed by atoms with Crippen LogP contribution in [0, 0.1) is 0 Å². The lowest BCUT2D eigenvalue weighted by Crippen LogP contribution is -2.52. The van der Waals surface area contributed by atoms with E-state index in [0.29, 0.717) is 48.0 Å². The van der Waals surface area contributed by atoms with Crippen molar-refractivity contribution in [1.29, 1.82) is 0 Å². The molecule has 0 unspecified atom stereocenters. The fourth-order valence-corrected chi connectivity index (χ4v) is 5.41. The summed E-state index contributed by atoms with van der Waals surface area (Å²) < 4.78 is 11.5. The highest BCUT2D eigenvalue weighted by molar-refractivity contribution is 8.02. The average molecular weight is 488 g/mol. The maximum atomic E-state index is 12.9. The van der Waals surface area contributed by atoms with Crippen molar-refractivity contribution in [1.82, 2.24) is 20.0 Å². The molecular formula is C22H25N5O4S2. The molecule has 3 aromatic rings. The van der Waals surface area contributed by atoms with Gasteiger partial charge >= 0.3 is 0 Å². The zero-order valence-corrected chi connectivity index (χ0v) is 20.0. The van der Waals surface area contributed by atoms with Gasteiger partial charge in [0.05, 0.1) is 23.8 Å². The highest BCUT2D eigenvalue weighted by Gasteiger charge is 2.29. The molecule has 0 radical (unpaired) electrons. The number of thioether (sulfide) groups is 1. The molecule has 174 valence electrons. The second kappa shape index (κ2) is 10.7. The molecule has 2 amide bonds. The second-order valence-electron chi connectivity index (χ2n) is 7.28. The lowest BCUT2D eigenvalue weighted by Gasteiger charge is -2.35. The van der Waals surface area contributed by atoms with E-state index in [9.17, 15) is 9.59 Å². The van der Waals surface area contributed by atoms with Crippen molar-refractivity contribution in [2.75, 3.05) is 38.1 Å². The standard InChI is InChI=1S/C22H25N5O4S2/c1-3-30-17-8-5-4-7-16(17)23-21-24-25-22(33-21)32-15(2)19(28)26-10-12-27(13-11-26)20(29)18-9-6-14-31-18/h4-9,14-15H,3,10-13H2,1-2H3,(H,23,24)/t15-/m0/s1. The third-order valence-corrected chi connectivity index (χ3v) is 7.08. The van der Waals surface area contributed by atoms with E-state index in [1.165, 1.54) is 29.4 Å². The summed E-state index contributed by atoms with van der Waals surface area (Å²) in [7, 11) is 0. The zero-order valence-electron chi connectivity index (χ0n) is 18.4. The van der Waals surface area contributed by atoms with Gasteiger partial charge in [0, 0.05) is 26.2 Å². The summed E-state index contributed by atoms with van der Waals surface area (Å²) in [6, 6.07) is 11.0. The average Bonchev–Trinajstić information content (AvgIpc) is 3.52. The monoisotopic (exact) mass is 487 g/mol. The van der Waals surface area contributed by atoms with Gasteiger partial charge < -0.3 is 24.3 Å². The summed E-state index contributed by atoms with van der Waals surface area (Å²) in [4.78, 5) is 28.8. The number of piperazine rings is 1. The fourth-order valence-electron chi connectivity index (χ4n) is 3.42. The van der Waals surface area contributed by atoms with E-state index in [4.69, 9.17) is 9.15 Å². The molecule has 11 heteroatoms. The molecule has 0 saturated carbocycles. The molecular weight excluding hydrogens is 462 g/mol. The Morgan fingerprint density at radius 1 is 1.15 bits per heavy atom.